The van der Waals surface area contributed by atoms with E-state index in [0.29, 0.717) is 25.0 Å². The Morgan fingerprint density at radius 2 is 2.26 bits per heavy atom. The van der Waals surface area contributed by atoms with E-state index in [1.807, 2.05) is 10.6 Å². The van der Waals surface area contributed by atoms with Crippen molar-refractivity contribution in [2.45, 2.75) is 26.0 Å². The van der Waals surface area contributed by atoms with Gasteiger partial charge in [0.25, 0.3) is 0 Å². The summed E-state index contributed by atoms with van der Waals surface area (Å²) in [6.45, 7) is 2.60. The van der Waals surface area contributed by atoms with Gasteiger partial charge in [-0.15, -0.1) is 0 Å². The zero-order chi connectivity index (χ0) is 13.8. The van der Waals surface area contributed by atoms with Gasteiger partial charge in [-0.3, -0.25) is 0 Å². The van der Waals surface area contributed by atoms with Crippen LogP contribution in [0.5, 0.6) is 0 Å². The monoisotopic (exact) mass is 265 g/mol. The van der Waals surface area contributed by atoms with Gasteiger partial charge in [-0.1, -0.05) is 6.07 Å². The molecule has 1 atom stereocenters. The van der Waals surface area contributed by atoms with Gasteiger partial charge in [-0.2, -0.15) is 0 Å². The van der Waals surface area contributed by atoms with Gasteiger partial charge in [-0.25, -0.2) is 9.18 Å². The maximum atomic E-state index is 13.5. The lowest BCUT2D eigenvalue weighted by Gasteiger charge is -2.13. The molecule has 1 N–H and O–H groups in total. The number of halogens is 1. The fourth-order valence-electron chi connectivity index (χ4n) is 2.12. The van der Waals surface area contributed by atoms with Crippen LogP contribution in [0.25, 0.3) is 10.9 Å². The van der Waals surface area contributed by atoms with Gasteiger partial charge >= 0.3 is 5.97 Å². The Bertz CT molecular complexity index is 579. The minimum Gasteiger partial charge on any atom is -0.479 e. The summed E-state index contributed by atoms with van der Waals surface area (Å²) in [4.78, 5) is 11.0. The number of carboxylic acids is 1. The third-order valence-electron chi connectivity index (χ3n) is 3.04. The van der Waals surface area contributed by atoms with Crippen molar-refractivity contribution < 1.29 is 19.0 Å². The number of ether oxygens (including phenoxy) is 1. The molecule has 0 spiro atoms. The fourth-order valence-corrected chi connectivity index (χ4v) is 2.12. The van der Waals surface area contributed by atoms with Crippen molar-refractivity contribution in [2.75, 3.05) is 6.61 Å². The number of rotatable bonds is 6. The highest BCUT2D eigenvalue weighted by Crippen LogP contribution is 2.19. The van der Waals surface area contributed by atoms with Crippen LogP contribution in [0.3, 0.4) is 0 Å². The zero-order valence-electron chi connectivity index (χ0n) is 10.7. The molecular weight excluding hydrogens is 249 g/mol. The summed E-state index contributed by atoms with van der Waals surface area (Å²) in [6.07, 6.45) is 1.29. The Hall–Kier alpha value is -1.88. The van der Waals surface area contributed by atoms with E-state index in [9.17, 15) is 9.18 Å². The molecular formula is C14H16FNO3. The number of carboxylic acid groups (broad SMARTS) is 1. The molecule has 0 bridgehead atoms. The number of aryl methyl sites for hydroxylation is 1. The topological polar surface area (TPSA) is 51.5 Å². The summed E-state index contributed by atoms with van der Waals surface area (Å²) in [6, 6.07) is 6.56. The van der Waals surface area contributed by atoms with Crippen LogP contribution in [0.4, 0.5) is 4.39 Å². The standard InChI is InChI=1S/C14H16FNO3/c1-2-19-13(14(17)18)7-9-16-8-6-10-11(15)4-3-5-12(10)16/h3-6,8,13H,2,7,9H2,1H3,(H,17,18). The Balaban J connectivity index is 2.13. The number of nitrogens with zero attached hydrogens (tertiary/aromatic N) is 1. The largest absolute Gasteiger partial charge is 0.479 e. The van der Waals surface area contributed by atoms with Crippen LogP contribution in [0.15, 0.2) is 30.5 Å². The highest BCUT2D eigenvalue weighted by atomic mass is 19.1. The van der Waals surface area contributed by atoms with E-state index in [1.54, 1.807) is 25.3 Å². The van der Waals surface area contributed by atoms with E-state index < -0.39 is 12.1 Å². The Morgan fingerprint density at radius 3 is 2.95 bits per heavy atom. The smallest absolute Gasteiger partial charge is 0.332 e. The van der Waals surface area contributed by atoms with Crippen LogP contribution in [-0.2, 0) is 16.1 Å². The van der Waals surface area contributed by atoms with E-state index in [1.165, 1.54) is 6.07 Å². The Kier molecular flexibility index (Phi) is 4.16. The summed E-state index contributed by atoms with van der Waals surface area (Å²) in [5.41, 5.74) is 0.764. The minimum atomic E-state index is -0.968. The van der Waals surface area contributed by atoms with Gasteiger partial charge in [0, 0.05) is 31.2 Å². The van der Waals surface area contributed by atoms with Crippen LogP contribution in [0.1, 0.15) is 13.3 Å². The molecule has 1 aromatic heterocycles. The molecule has 0 aliphatic rings. The van der Waals surface area contributed by atoms with Gasteiger partial charge in [0.15, 0.2) is 6.10 Å². The van der Waals surface area contributed by atoms with E-state index in [2.05, 4.69) is 0 Å². The lowest BCUT2D eigenvalue weighted by molar-refractivity contribution is -0.150. The predicted molar refractivity (Wildman–Crippen MR) is 69.6 cm³/mol. The van der Waals surface area contributed by atoms with Crippen molar-refractivity contribution in [1.29, 1.82) is 0 Å². The second-order valence-electron chi connectivity index (χ2n) is 4.25. The molecule has 1 heterocycles. The molecule has 2 aromatic rings. The molecule has 0 fully saturated rings. The number of carbonyl (C=O) groups is 1. The SMILES string of the molecule is CCOC(CCn1ccc2c(F)cccc21)C(=O)O. The van der Waals surface area contributed by atoms with Gasteiger partial charge < -0.3 is 14.4 Å². The van der Waals surface area contributed by atoms with Crippen molar-refractivity contribution >= 4 is 16.9 Å². The number of aliphatic carboxylic acids is 1. The zero-order valence-corrected chi connectivity index (χ0v) is 10.7. The summed E-state index contributed by atoms with van der Waals surface area (Å²) < 4.78 is 20.5. The Labute approximate surface area is 110 Å². The van der Waals surface area contributed by atoms with Gasteiger partial charge in [-0.05, 0) is 25.1 Å². The second-order valence-corrected chi connectivity index (χ2v) is 4.25. The van der Waals surface area contributed by atoms with Crippen molar-refractivity contribution in [1.82, 2.24) is 4.57 Å². The van der Waals surface area contributed by atoms with Crippen LogP contribution in [0.2, 0.25) is 0 Å². The number of benzene rings is 1. The first-order valence-electron chi connectivity index (χ1n) is 6.21. The first-order valence-corrected chi connectivity index (χ1v) is 6.21. The molecule has 0 saturated heterocycles. The normalized spacial score (nSPS) is 12.7. The third-order valence-corrected chi connectivity index (χ3v) is 3.04. The fraction of sp³-hybridized carbons (Fsp3) is 0.357. The lowest BCUT2D eigenvalue weighted by atomic mass is 10.2. The number of fused-ring (bicyclic) bond motifs is 1. The molecule has 2 rings (SSSR count). The maximum Gasteiger partial charge on any atom is 0.332 e. The van der Waals surface area contributed by atoms with Crippen molar-refractivity contribution in [3.8, 4) is 0 Å². The van der Waals surface area contributed by atoms with Gasteiger partial charge in [0.1, 0.15) is 5.82 Å². The first-order chi connectivity index (χ1) is 9.13. The predicted octanol–water partition coefficient (Wildman–Crippen LogP) is 2.66. The summed E-state index contributed by atoms with van der Waals surface area (Å²) in [5, 5.41) is 9.54. The average Bonchev–Trinajstić information content (AvgIpc) is 2.79. The molecule has 4 nitrogen and oxygen atoms in total. The molecule has 5 heteroatoms. The molecule has 0 aliphatic carbocycles. The molecule has 19 heavy (non-hydrogen) atoms. The first kappa shape index (κ1) is 13.5. The molecule has 0 aliphatic heterocycles. The molecule has 0 radical (unpaired) electrons. The quantitative estimate of drug-likeness (QED) is 0.873. The van der Waals surface area contributed by atoms with Crippen LogP contribution in [-0.4, -0.2) is 28.4 Å². The number of hydrogen-bond acceptors (Lipinski definition) is 2. The average molecular weight is 265 g/mol. The molecule has 0 amide bonds. The van der Waals surface area contributed by atoms with Crippen LogP contribution < -0.4 is 0 Å². The van der Waals surface area contributed by atoms with Crippen LogP contribution >= 0.6 is 0 Å². The van der Waals surface area contributed by atoms with Crippen molar-refractivity contribution in [3.05, 3.63) is 36.3 Å². The maximum absolute atomic E-state index is 13.5. The van der Waals surface area contributed by atoms with E-state index in [4.69, 9.17) is 9.84 Å². The van der Waals surface area contributed by atoms with E-state index >= 15 is 0 Å². The second kappa shape index (κ2) is 5.84. The van der Waals surface area contributed by atoms with Crippen LogP contribution in [0, 0.1) is 5.82 Å². The van der Waals surface area contributed by atoms with E-state index in [0.717, 1.165) is 5.52 Å². The minimum absolute atomic E-state index is 0.268. The third kappa shape index (κ3) is 2.93. The Morgan fingerprint density at radius 1 is 1.47 bits per heavy atom. The molecule has 102 valence electrons. The van der Waals surface area contributed by atoms with E-state index in [-0.39, 0.29) is 5.82 Å². The molecule has 1 unspecified atom stereocenters. The highest BCUT2D eigenvalue weighted by molar-refractivity contribution is 5.80. The van der Waals surface area contributed by atoms with Crippen molar-refractivity contribution in [2.24, 2.45) is 0 Å². The van der Waals surface area contributed by atoms with Gasteiger partial charge in [0.2, 0.25) is 0 Å². The summed E-state index contributed by atoms with van der Waals surface area (Å²) >= 11 is 0. The number of hydrogen-bond donors (Lipinski definition) is 1. The summed E-state index contributed by atoms with van der Waals surface area (Å²) in [7, 11) is 0. The summed E-state index contributed by atoms with van der Waals surface area (Å²) in [5.74, 6) is -1.24. The lowest BCUT2D eigenvalue weighted by Crippen LogP contribution is -2.25. The van der Waals surface area contributed by atoms with Crippen molar-refractivity contribution in [3.63, 3.8) is 0 Å². The molecule has 1 aromatic carbocycles. The van der Waals surface area contributed by atoms with Gasteiger partial charge in [0.05, 0.1) is 5.52 Å². The highest BCUT2D eigenvalue weighted by Gasteiger charge is 2.17. The molecule has 0 saturated carbocycles. The number of aromatic nitrogens is 1.